The molecule has 1 aliphatic heterocycles. The van der Waals surface area contributed by atoms with Gasteiger partial charge in [0.25, 0.3) is 0 Å². The van der Waals surface area contributed by atoms with Gasteiger partial charge in [-0.05, 0) is 18.6 Å². The van der Waals surface area contributed by atoms with E-state index < -0.39 is 12.1 Å². The number of ether oxygens (including phenoxy) is 1. The van der Waals surface area contributed by atoms with Crippen molar-refractivity contribution in [1.82, 2.24) is 14.8 Å². The summed E-state index contributed by atoms with van der Waals surface area (Å²) in [5.74, 6) is -1.25. The zero-order chi connectivity index (χ0) is 15.4. The molecule has 8 nitrogen and oxygen atoms in total. The second-order valence-electron chi connectivity index (χ2n) is 4.79. The average Bonchev–Trinajstić information content (AvgIpc) is 3.07. The maximum Gasteiger partial charge on any atom is 0.407 e. The predicted octanol–water partition coefficient (Wildman–Crippen LogP) is 0.143. The number of carboxylic acid groups (broad SMARTS) is 1. The number of carbonyl (C=O) groups is 3. The van der Waals surface area contributed by atoms with Crippen molar-refractivity contribution in [1.29, 1.82) is 0 Å². The van der Waals surface area contributed by atoms with Gasteiger partial charge in [-0.3, -0.25) is 4.79 Å². The Morgan fingerprint density at radius 1 is 1.48 bits per heavy atom. The Kier molecular flexibility index (Phi) is 4.46. The molecule has 1 atom stereocenters. The lowest BCUT2D eigenvalue weighted by Gasteiger charge is -2.17. The van der Waals surface area contributed by atoms with Crippen molar-refractivity contribution in [3.05, 3.63) is 24.0 Å². The van der Waals surface area contributed by atoms with Crippen LogP contribution >= 0.6 is 0 Å². The van der Waals surface area contributed by atoms with Crippen LogP contribution in [0, 0.1) is 0 Å². The third kappa shape index (κ3) is 3.53. The molecule has 21 heavy (non-hydrogen) atoms. The second kappa shape index (κ2) is 6.29. The van der Waals surface area contributed by atoms with Gasteiger partial charge in [0, 0.05) is 19.3 Å². The number of likely N-dealkylation sites (tertiary alicyclic amines) is 1. The Morgan fingerprint density at radius 3 is 2.90 bits per heavy atom. The molecular formula is C13H17N3O5. The first-order chi connectivity index (χ1) is 10.0. The van der Waals surface area contributed by atoms with Gasteiger partial charge in [0.2, 0.25) is 5.91 Å². The molecule has 2 rings (SSSR count). The third-order valence-corrected chi connectivity index (χ3v) is 3.40. The summed E-state index contributed by atoms with van der Waals surface area (Å²) in [5, 5.41) is 11.6. The lowest BCUT2D eigenvalue weighted by Crippen LogP contribution is -2.39. The van der Waals surface area contributed by atoms with Crippen LogP contribution in [0.3, 0.4) is 0 Å². The van der Waals surface area contributed by atoms with Crippen LogP contribution in [0.25, 0.3) is 0 Å². The Labute approximate surface area is 121 Å². The molecule has 2 amide bonds. The number of amides is 2. The summed E-state index contributed by atoms with van der Waals surface area (Å²) in [4.78, 5) is 35.9. The molecule has 8 heteroatoms. The molecule has 0 saturated carbocycles. The molecule has 1 fully saturated rings. The molecule has 0 aromatic carbocycles. The maximum atomic E-state index is 12.2. The number of aromatic carboxylic acids is 1. The van der Waals surface area contributed by atoms with E-state index in [0.29, 0.717) is 19.5 Å². The standard InChI is InChI=1S/C13H17N3O5/c1-21-13(20)14-9-4-6-16(7-9)11(17)8-15-5-2-3-10(15)12(18)19/h2-3,5,9H,4,6-8H2,1H3,(H,14,20)(H,18,19). The van der Waals surface area contributed by atoms with Gasteiger partial charge < -0.3 is 24.6 Å². The average molecular weight is 295 g/mol. The van der Waals surface area contributed by atoms with Gasteiger partial charge >= 0.3 is 12.1 Å². The summed E-state index contributed by atoms with van der Waals surface area (Å²) in [7, 11) is 1.28. The minimum atomic E-state index is -1.07. The topological polar surface area (TPSA) is 101 Å². The van der Waals surface area contributed by atoms with Crippen molar-refractivity contribution in [2.75, 3.05) is 20.2 Å². The molecule has 114 valence electrons. The summed E-state index contributed by atoms with van der Waals surface area (Å²) in [6.07, 6.45) is 1.69. The van der Waals surface area contributed by atoms with Crippen molar-refractivity contribution >= 4 is 18.0 Å². The number of carbonyl (C=O) groups excluding carboxylic acids is 2. The smallest absolute Gasteiger partial charge is 0.407 e. The fourth-order valence-corrected chi connectivity index (χ4v) is 2.32. The Balaban J connectivity index is 1.91. The van der Waals surface area contributed by atoms with Crippen LogP contribution in [-0.4, -0.2) is 58.8 Å². The van der Waals surface area contributed by atoms with Gasteiger partial charge in [-0.1, -0.05) is 0 Å². The Bertz CT molecular complexity index is 554. The summed E-state index contributed by atoms with van der Waals surface area (Å²) in [6.45, 7) is 0.897. The van der Waals surface area contributed by atoms with Crippen molar-refractivity contribution < 1.29 is 24.2 Å². The van der Waals surface area contributed by atoms with E-state index in [4.69, 9.17) is 5.11 Å². The van der Waals surface area contributed by atoms with Gasteiger partial charge in [-0.15, -0.1) is 0 Å². The van der Waals surface area contributed by atoms with Gasteiger partial charge in [-0.2, -0.15) is 0 Å². The summed E-state index contributed by atoms with van der Waals surface area (Å²) < 4.78 is 5.91. The van der Waals surface area contributed by atoms with E-state index in [2.05, 4.69) is 10.1 Å². The molecule has 0 radical (unpaired) electrons. The molecule has 2 N–H and O–H groups in total. The van der Waals surface area contributed by atoms with E-state index >= 15 is 0 Å². The van der Waals surface area contributed by atoms with E-state index in [1.165, 1.54) is 17.7 Å². The van der Waals surface area contributed by atoms with E-state index in [1.807, 2.05) is 0 Å². The number of alkyl carbamates (subject to hydrolysis) is 1. The first-order valence-electron chi connectivity index (χ1n) is 6.52. The monoisotopic (exact) mass is 295 g/mol. The minimum absolute atomic E-state index is 0.0282. The SMILES string of the molecule is COC(=O)NC1CCN(C(=O)Cn2cccc2C(=O)O)C1. The van der Waals surface area contributed by atoms with E-state index in [1.54, 1.807) is 17.2 Å². The first kappa shape index (κ1) is 14.9. The second-order valence-corrected chi connectivity index (χ2v) is 4.79. The Morgan fingerprint density at radius 2 is 2.24 bits per heavy atom. The van der Waals surface area contributed by atoms with Crippen molar-refractivity contribution in [3.63, 3.8) is 0 Å². The van der Waals surface area contributed by atoms with Gasteiger partial charge in [0.15, 0.2) is 0 Å². The van der Waals surface area contributed by atoms with E-state index in [9.17, 15) is 14.4 Å². The summed E-state index contributed by atoms with van der Waals surface area (Å²) in [5.41, 5.74) is 0.0757. The molecule has 1 aliphatic rings. The molecular weight excluding hydrogens is 278 g/mol. The van der Waals surface area contributed by atoms with Crippen molar-refractivity contribution in [3.8, 4) is 0 Å². The zero-order valence-electron chi connectivity index (χ0n) is 11.6. The predicted molar refractivity (Wildman–Crippen MR) is 71.9 cm³/mol. The van der Waals surface area contributed by atoms with Crippen LogP contribution < -0.4 is 5.32 Å². The van der Waals surface area contributed by atoms with Crippen LogP contribution in [0.1, 0.15) is 16.9 Å². The molecule has 0 aliphatic carbocycles. The molecule has 1 saturated heterocycles. The minimum Gasteiger partial charge on any atom is -0.477 e. The molecule has 0 bridgehead atoms. The first-order valence-corrected chi connectivity index (χ1v) is 6.52. The summed E-state index contributed by atoms with van der Waals surface area (Å²) in [6, 6.07) is 2.90. The van der Waals surface area contributed by atoms with E-state index in [-0.39, 0.29) is 24.2 Å². The van der Waals surface area contributed by atoms with Crippen LogP contribution in [0.4, 0.5) is 4.79 Å². The van der Waals surface area contributed by atoms with Crippen LogP contribution in [0.2, 0.25) is 0 Å². The molecule has 0 spiro atoms. The summed E-state index contributed by atoms with van der Waals surface area (Å²) >= 11 is 0. The largest absolute Gasteiger partial charge is 0.477 e. The lowest BCUT2D eigenvalue weighted by atomic mass is 10.3. The van der Waals surface area contributed by atoms with Crippen molar-refractivity contribution in [2.45, 2.75) is 19.0 Å². The number of rotatable bonds is 4. The normalized spacial score (nSPS) is 17.6. The fourth-order valence-electron chi connectivity index (χ4n) is 2.32. The lowest BCUT2D eigenvalue weighted by molar-refractivity contribution is -0.130. The van der Waals surface area contributed by atoms with Crippen molar-refractivity contribution in [2.24, 2.45) is 0 Å². The number of methoxy groups -OCH3 is 1. The number of carboxylic acids is 1. The number of hydrogen-bond donors (Lipinski definition) is 2. The Hall–Kier alpha value is -2.51. The number of hydrogen-bond acceptors (Lipinski definition) is 4. The molecule has 2 heterocycles. The van der Waals surface area contributed by atoms with Crippen LogP contribution in [-0.2, 0) is 16.1 Å². The highest BCUT2D eigenvalue weighted by Gasteiger charge is 2.27. The highest BCUT2D eigenvalue weighted by Crippen LogP contribution is 2.11. The number of aromatic nitrogens is 1. The zero-order valence-corrected chi connectivity index (χ0v) is 11.6. The molecule has 1 unspecified atom stereocenters. The van der Waals surface area contributed by atoms with E-state index in [0.717, 1.165) is 0 Å². The maximum absolute atomic E-state index is 12.2. The third-order valence-electron chi connectivity index (χ3n) is 3.40. The quantitative estimate of drug-likeness (QED) is 0.823. The van der Waals surface area contributed by atoms with Gasteiger partial charge in [0.1, 0.15) is 12.2 Å². The fraction of sp³-hybridized carbons (Fsp3) is 0.462. The highest BCUT2D eigenvalue weighted by molar-refractivity contribution is 5.87. The number of nitrogens with one attached hydrogen (secondary N) is 1. The number of nitrogens with zero attached hydrogens (tertiary/aromatic N) is 2. The van der Waals surface area contributed by atoms with Gasteiger partial charge in [-0.25, -0.2) is 9.59 Å². The van der Waals surface area contributed by atoms with Crippen LogP contribution in [0.5, 0.6) is 0 Å². The molecule has 1 aromatic heterocycles. The molecule has 1 aromatic rings. The van der Waals surface area contributed by atoms with Crippen LogP contribution in [0.15, 0.2) is 18.3 Å². The van der Waals surface area contributed by atoms with Gasteiger partial charge in [0.05, 0.1) is 13.2 Å². The highest BCUT2D eigenvalue weighted by atomic mass is 16.5.